The van der Waals surface area contributed by atoms with Crippen molar-refractivity contribution < 1.29 is 0 Å². The molecule has 1 aromatic heterocycles. The molecule has 0 amide bonds. The molecule has 1 N–H and O–H groups in total. The highest BCUT2D eigenvalue weighted by Gasteiger charge is 2.10. The molecule has 0 saturated heterocycles. The van der Waals surface area contributed by atoms with E-state index in [-0.39, 0.29) is 0 Å². The van der Waals surface area contributed by atoms with Crippen LogP contribution in [-0.4, -0.2) is 10.8 Å². The van der Waals surface area contributed by atoms with Gasteiger partial charge in [-0.2, -0.15) is 0 Å². The lowest BCUT2D eigenvalue weighted by Crippen LogP contribution is -2.05. The number of para-hydroxylation sites is 1. The molecule has 2 nitrogen and oxygen atoms in total. The van der Waals surface area contributed by atoms with Crippen LogP contribution in [0.4, 0.5) is 5.69 Å². The van der Waals surface area contributed by atoms with Crippen LogP contribution in [0.25, 0.3) is 10.9 Å². The van der Waals surface area contributed by atoms with E-state index in [9.17, 15) is 0 Å². The molecule has 0 spiro atoms. The minimum atomic E-state index is 0.842. The number of nitrogens with zero attached hydrogens (tertiary/aromatic N) is 1. The zero-order chi connectivity index (χ0) is 14.8. The minimum Gasteiger partial charge on any atom is -0.379 e. The monoisotopic (exact) mass is 296 g/mol. The van der Waals surface area contributed by atoms with Crippen molar-refractivity contribution in [1.82, 2.24) is 4.57 Å². The Labute approximate surface area is 130 Å². The van der Waals surface area contributed by atoms with E-state index < -0.39 is 0 Å². The van der Waals surface area contributed by atoms with Crippen LogP contribution >= 0.6 is 11.8 Å². The van der Waals surface area contributed by atoms with Crippen molar-refractivity contribution in [1.29, 1.82) is 0 Å². The zero-order valence-corrected chi connectivity index (χ0v) is 13.5. The summed E-state index contributed by atoms with van der Waals surface area (Å²) in [6, 6.07) is 17.1. The van der Waals surface area contributed by atoms with Crippen molar-refractivity contribution in [3.05, 3.63) is 59.8 Å². The van der Waals surface area contributed by atoms with Crippen LogP contribution < -0.4 is 5.32 Å². The average molecular weight is 296 g/mol. The van der Waals surface area contributed by atoms with Gasteiger partial charge in [-0.1, -0.05) is 24.3 Å². The zero-order valence-electron chi connectivity index (χ0n) is 12.7. The molecule has 2 aromatic carbocycles. The van der Waals surface area contributed by atoms with Gasteiger partial charge >= 0.3 is 0 Å². The van der Waals surface area contributed by atoms with Crippen LogP contribution in [0.15, 0.2) is 53.4 Å². The molecule has 0 atom stereocenters. The third kappa shape index (κ3) is 2.66. The molecule has 3 heteroatoms. The van der Waals surface area contributed by atoms with Crippen molar-refractivity contribution in [2.45, 2.75) is 18.4 Å². The predicted octanol–water partition coefficient (Wildman–Crippen LogP) is 4.82. The summed E-state index contributed by atoms with van der Waals surface area (Å²) in [7, 11) is 2.14. The molecule has 0 aliphatic rings. The third-order valence-corrected chi connectivity index (χ3v) is 4.76. The molecule has 3 aromatic rings. The predicted molar refractivity (Wildman–Crippen MR) is 93.2 cm³/mol. The number of benzene rings is 2. The Morgan fingerprint density at radius 3 is 2.67 bits per heavy atom. The van der Waals surface area contributed by atoms with Gasteiger partial charge in [0.15, 0.2) is 0 Å². The SMILES string of the molecule is CSc1cccc(NCc2c(C)c3ccccc3n2C)c1. The van der Waals surface area contributed by atoms with Gasteiger partial charge in [-0.3, -0.25) is 0 Å². The van der Waals surface area contributed by atoms with Crippen molar-refractivity contribution in [3.8, 4) is 0 Å². The minimum absolute atomic E-state index is 0.842. The maximum atomic E-state index is 3.54. The van der Waals surface area contributed by atoms with Gasteiger partial charge in [-0.15, -0.1) is 11.8 Å². The molecular weight excluding hydrogens is 276 g/mol. The number of fused-ring (bicyclic) bond motifs is 1. The summed E-state index contributed by atoms with van der Waals surface area (Å²) in [6.07, 6.45) is 2.10. The summed E-state index contributed by atoms with van der Waals surface area (Å²) < 4.78 is 2.29. The Hall–Kier alpha value is -1.87. The van der Waals surface area contributed by atoms with Crippen LogP contribution in [0.3, 0.4) is 0 Å². The first-order valence-electron chi connectivity index (χ1n) is 7.11. The molecule has 0 fully saturated rings. The molecule has 21 heavy (non-hydrogen) atoms. The summed E-state index contributed by atoms with van der Waals surface area (Å²) in [4.78, 5) is 1.29. The van der Waals surface area contributed by atoms with Crippen LogP contribution in [0.2, 0.25) is 0 Å². The van der Waals surface area contributed by atoms with Gasteiger partial charge in [0.05, 0.1) is 6.54 Å². The van der Waals surface area contributed by atoms with Gasteiger partial charge in [0.2, 0.25) is 0 Å². The fraction of sp³-hybridized carbons (Fsp3) is 0.222. The first-order chi connectivity index (χ1) is 10.2. The second-order valence-corrected chi connectivity index (χ2v) is 6.11. The number of hydrogen-bond acceptors (Lipinski definition) is 2. The Balaban J connectivity index is 1.88. The van der Waals surface area contributed by atoms with Crippen molar-refractivity contribution in [2.24, 2.45) is 7.05 Å². The number of aromatic nitrogens is 1. The highest BCUT2D eigenvalue weighted by molar-refractivity contribution is 7.98. The summed E-state index contributed by atoms with van der Waals surface area (Å²) >= 11 is 1.77. The van der Waals surface area contributed by atoms with E-state index in [1.807, 2.05) is 0 Å². The van der Waals surface area contributed by atoms with Crippen LogP contribution in [-0.2, 0) is 13.6 Å². The number of hydrogen-bond donors (Lipinski definition) is 1. The van der Waals surface area contributed by atoms with Crippen LogP contribution in [0.5, 0.6) is 0 Å². The van der Waals surface area contributed by atoms with Crippen LogP contribution in [0, 0.1) is 6.92 Å². The molecule has 108 valence electrons. The molecular formula is C18H20N2S. The maximum absolute atomic E-state index is 3.54. The van der Waals surface area contributed by atoms with Crippen molar-refractivity contribution in [3.63, 3.8) is 0 Å². The number of thioether (sulfide) groups is 1. The lowest BCUT2D eigenvalue weighted by atomic mass is 10.1. The lowest BCUT2D eigenvalue weighted by Gasteiger charge is -2.10. The first kappa shape index (κ1) is 14.1. The molecule has 0 radical (unpaired) electrons. The summed E-state index contributed by atoms with van der Waals surface area (Å²) in [5, 5.41) is 4.89. The number of anilines is 1. The topological polar surface area (TPSA) is 17.0 Å². The average Bonchev–Trinajstić information content (AvgIpc) is 2.78. The Kier molecular flexibility index (Phi) is 3.93. The number of nitrogens with one attached hydrogen (secondary N) is 1. The number of aryl methyl sites for hydroxylation is 2. The second-order valence-electron chi connectivity index (χ2n) is 5.23. The van der Waals surface area contributed by atoms with E-state index in [2.05, 4.69) is 78.6 Å². The van der Waals surface area contributed by atoms with Gasteiger partial charge in [-0.25, -0.2) is 0 Å². The molecule has 0 aliphatic heterocycles. The molecule has 0 bridgehead atoms. The fourth-order valence-electron chi connectivity index (χ4n) is 2.81. The highest BCUT2D eigenvalue weighted by Crippen LogP contribution is 2.25. The number of rotatable bonds is 4. The van der Waals surface area contributed by atoms with E-state index in [4.69, 9.17) is 0 Å². The van der Waals surface area contributed by atoms with E-state index in [0.29, 0.717) is 0 Å². The maximum Gasteiger partial charge on any atom is 0.0556 e. The van der Waals surface area contributed by atoms with Gasteiger partial charge < -0.3 is 9.88 Å². The Morgan fingerprint density at radius 2 is 1.90 bits per heavy atom. The third-order valence-electron chi connectivity index (χ3n) is 4.04. The molecule has 0 unspecified atom stereocenters. The largest absolute Gasteiger partial charge is 0.379 e. The Morgan fingerprint density at radius 1 is 1.10 bits per heavy atom. The standard InChI is InChI=1S/C18H20N2S/c1-13-16-9-4-5-10-17(16)20(2)18(13)12-19-14-7-6-8-15(11-14)21-3/h4-11,19H,12H2,1-3H3. The van der Waals surface area contributed by atoms with E-state index in [0.717, 1.165) is 6.54 Å². The second kappa shape index (κ2) is 5.86. The van der Waals surface area contributed by atoms with Crippen LogP contribution in [0.1, 0.15) is 11.3 Å². The van der Waals surface area contributed by atoms with Gasteiger partial charge in [0, 0.05) is 34.2 Å². The quantitative estimate of drug-likeness (QED) is 0.695. The lowest BCUT2D eigenvalue weighted by molar-refractivity contribution is 0.862. The highest BCUT2D eigenvalue weighted by atomic mass is 32.2. The molecule has 0 aliphatic carbocycles. The summed E-state index contributed by atoms with van der Waals surface area (Å²) in [5.41, 5.74) is 5.17. The fourth-order valence-corrected chi connectivity index (χ4v) is 3.27. The van der Waals surface area contributed by atoms with Gasteiger partial charge in [0.25, 0.3) is 0 Å². The molecule has 0 saturated carbocycles. The van der Waals surface area contributed by atoms with Crippen molar-refractivity contribution in [2.75, 3.05) is 11.6 Å². The normalized spacial score (nSPS) is 11.0. The first-order valence-corrected chi connectivity index (χ1v) is 8.34. The Bertz CT molecular complexity index is 735. The molecule has 3 rings (SSSR count). The molecule has 1 heterocycles. The van der Waals surface area contributed by atoms with E-state index in [1.54, 1.807) is 11.8 Å². The van der Waals surface area contributed by atoms with E-state index >= 15 is 0 Å². The summed E-state index contributed by atoms with van der Waals surface area (Å²) in [5.74, 6) is 0. The summed E-state index contributed by atoms with van der Waals surface area (Å²) in [6.45, 7) is 3.05. The van der Waals surface area contributed by atoms with E-state index in [1.165, 1.54) is 32.7 Å². The van der Waals surface area contributed by atoms with Gasteiger partial charge in [-0.05, 0) is 43.0 Å². The smallest absolute Gasteiger partial charge is 0.0556 e. The van der Waals surface area contributed by atoms with Gasteiger partial charge in [0.1, 0.15) is 0 Å². The van der Waals surface area contributed by atoms with Crippen molar-refractivity contribution >= 4 is 28.4 Å².